The van der Waals surface area contributed by atoms with Gasteiger partial charge in [-0.05, 0) is 84.4 Å². The van der Waals surface area contributed by atoms with Crippen LogP contribution in [0.25, 0.3) is 44.7 Å². The second-order valence-electron chi connectivity index (χ2n) is 15.2. The quantitative estimate of drug-likeness (QED) is 0.188. The molecule has 12 nitrogen and oxygen atoms in total. The summed E-state index contributed by atoms with van der Waals surface area (Å²) in [7, 11) is 0. The minimum absolute atomic E-state index is 0.145. The predicted octanol–water partition coefficient (Wildman–Crippen LogP) is 8.73. The summed E-state index contributed by atoms with van der Waals surface area (Å²) < 4.78 is 17.5. The summed E-state index contributed by atoms with van der Waals surface area (Å²) in [6.07, 6.45) is 6.40. The summed E-state index contributed by atoms with van der Waals surface area (Å²) >= 11 is 0. The van der Waals surface area contributed by atoms with Gasteiger partial charge in [-0.3, -0.25) is 9.80 Å². The van der Waals surface area contributed by atoms with E-state index in [0.717, 1.165) is 76.5 Å². The molecule has 2 atom stereocenters. The van der Waals surface area contributed by atoms with Crippen LogP contribution in [0.15, 0.2) is 53.2 Å². The number of hydrogen-bond acceptors (Lipinski definition) is 8. The smallest absolute Gasteiger partial charge is 0.410 e. The molecule has 50 heavy (non-hydrogen) atoms. The third kappa shape index (κ3) is 6.71. The maximum absolute atomic E-state index is 12.9. The Morgan fingerprint density at radius 1 is 0.740 bits per heavy atom. The number of carbonyl (C=O) groups excluding carboxylic acids is 2. The van der Waals surface area contributed by atoms with E-state index in [1.54, 1.807) is 16.0 Å². The van der Waals surface area contributed by atoms with Crippen LogP contribution >= 0.6 is 0 Å². The second-order valence-corrected chi connectivity index (χ2v) is 15.2. The number of carbonyl (C=O) groups is 2. The minimum Gasteiger partial charge on any atom is -0.444 e. The Bertz CT molecular complexity index is 2030. The number of imidazole rings is 2. The fourth-order valence-electron chi connectivity index (χ4n) is 6.86. The van der Waals surface area contributed by atoms with Crippen LogP contribution in [0.2, 0.25) is 0 Å². The normalized spacial score (nSPS) is 18.3. The van der Waals surface area contributed by atoms with E-state index in [9.17, 15) is 9.59 Å². The number of aromatic amines is 2. The molecule has 5 aromatic rings. The molecule has 2 aliphatic rings. The molecule has 2 saturated heterocycles. The molecule has 0 saturated carbocycles. The maximum Gasteiger partial charge on any atom is 0.410 e. The molecule has 0 radical (unpaired) electrons. The molecular weight excluding hydrogens is 634 g/mol. The number of nitrogens with one attached hydrogen (secondary N) is 2. The number of amides is 2. The van der Waals surface area contributed by atoms with Gasteiger partial charge in [0, 0.05) is 31.1 Å². The summed E-state index contributed by atoms with van der Waals surface area (Å²) in [5, 5.41) is 0. The molecule has 2 fully saturated rings. The van der Waals surface area contributed by atoms with Crippen LogP contribution in [-0.2, 0) is 9.47 Å². The van der Waals surface area contributed by atoms with Gasteiger partial charge in [0.15, 0.2) is 11.5 Å². The van der Waals surface area contributed by atoms with E-state index < -0.39 is 11.2 Å². The van der Waals surface area contributed by atoms with Crippen LogP contribution in [-0.4, -0.2) is 71.2 Å². The molecule has 3 aromatic heterocycles. The zero-order valence-corrected chi connectivity index (χ0v) is 29.8. The largest absolute Gasteiger partial charge is 0.444 e. The molecule has 2 aromatic carbocycles. The monoisotopic (exact) mass is 679 g/mol. The van der Waals surface area contributed by atoms with Crippen molar-refractivity contribution in [1.82, 2.24) is 34.7 Å². The van der Waals surface area contributed by atoms with E-state index in [-0.39, 0.29) is 24.3 Å². The van der Waals surface area contributed by atoms with Crippen molar-refractivity contribution in [1.29, 1.82) is 0 Å². The number of H-pyrrole nitrogens is 2. The minimum atomic E-state index is -0.568. The lowest BCUT2D eigenvalue weighted by Crippen LogP contribution is -2.36. The summed E-state index contributed by atoms with van der Waals surface area (Å²) in [5.74, 6) is 2.05. The Labute approximate surface area is 291 Å². The number of aromatic nitrogens is 5. The fraction of sp³-hybridized carbons (Fsp3) is 0.447. The lowest BCUT2D eigenvalue weighted by molar-refractivity contribution is 0.0208. The number of hydrogen-bond donors (Lipinski definition) is 2. The number of fused-ring (bicyclic) bond motifs is 1. The van der Waals surface area contributed by atoms with E-state index in [1.165, 1.54) is 0 Å². The molecular formula is C38H45N7O5. The highest BCUT2D eigenvalue weighted by Crippen LogP contribution is 2.38. The first-order valence-electron chi connectivity index (χ1n) is 17.3. The van der Waals surface area contributed by atoms with Gasteiger partial charge in [0.2, 0.25) is 0 Å². The molecule has 2 aliphatic heterocycles. The van der Waals surface area contributed by atoms with Crippen LogP contribution in [0, 0.1) is 6.92 Å². The molecule has 0 unspecified atom stereocenters. The average molecular weight is 680 g/mol. The number of benzene rings is 2. The number of rotatable bonds is 5. The van der Waals surface area contributed by atoms with Gasteiger partial charge in [0.05, 0.1) is 35.9 Å². The summed E-state index contributed by atoms with van der Waals surface area (Å²) in [4.78, 5) is 50.3. The van der Waals surface area contributed by atoms with Crippen molar-refractivity contribution in [2.45, 2.75) is 97.4 Å². The highest BCUT2D eigenvalue weighted by molar-refractivity contribution is 5.99. The van der Waals surface area contributed by atoms with Gasteiger partial charge in [-0.15, -0.1) is 0 Å². The first kappa shape index (κ1) is 33.4. The first-order valence-corrected chi connectivity index (χ1v) is 17.3. The number of likely N-dealkylation sites (tertiary alicyclic amines) is 2. The van der Waals surface area contributed by atoms with E-state index in [4.69, 9.17) is 18.9 Å². The molecule has 12 heteroatoms. The van der Waals surface area contributed by atoms with Crippen LogP contribution in [0.5, 0.6) is 0 Å². The first-order chi connectivity index (χ1) is 23.7. The molecule has 7 rings (SSSR count). The van der Waals surface area contributed by atoms with Crippen molar-refractivity contribution in [3.8, 4) is 33.6 Å². The van der Waals surface area contributed by atoms with Gasteiger partial charge in [-0.25, -0.2) is 24.5 Å². The lowest BCUT2D eigenvalue weighted by atomic mass is 9.99. The van der Waals surface area contributed by atoms with Gasteiger partial charge >= 0.3 is 12.2 Å². The Balaban J connectivity index is 1.11. The summed E-state index contributed by atoms with van der Waals surface area (Å²) in [5.41, 5.74) is 5.74. The average Bonchev–Trinajstić information content (AvgIpc) is 3.87. The molecule has 0 spiro atoms. The van der Waals surface area contributed by atoms with Crippen LogP contribution in [0.3, 0.4) is 0 Å². The second kappa shape index (κ2) is 12.6. The van der Waals surface area contributed by atoms with Gasteiger partial charge in [0.25, 0.3) is 0 Å². The fourth-order valence-corrected chi connectivity index (χ4v) is 6.86. The number of aryl methyl sites for hydroxylation is 1. The Morgan fingerprint density at radius 3 is 1.80 bits per heavy atom. The maximum atomic E-state index is 12.9. The van der Waals surface area contributed by atoms with Crippen LogP contribution in [0.4, 0.5) is 9.59 Å². The molecule has 5 heterocycles. The highest BCUT2D eigenvalue weighted by atomic mass is 16.6. The van der Waals surface area contributed by atoms with Gasteiger partial charge in [-0.1, -0.05) is 30.3 Å². The summed E-state index contributed by atoms with van der Waals surface area (Å²) in [6.45, 7) is 14.4. The Hall–Kier alpha value is -5.13. The van der Waals surface area contributed by atoms with E-state index in [2.05, 4.69) is 50.3 Å². The van der Waals surface area contributed by atoms with E-state index >= 15 is 0 Å². The number of oxazole rings is 1. The highest BCUT2D eigenvalue weighted by Gasteiger charge is 2.36. The molecule has 2 amide bonds. The van der Waals surface area contributed by atoms with Crippen molar-refractivity contribution in [3.63, 3.8) is 0 Å². The molecule has 0 aliphatic carbocycles. The number of ether oxygens (including phenoxy) is 2. The van der Waals surface area contributed by atoms with E-state index in [0.29, 0.717) is 24.6 Å². The third-order valence-electron chi connectivity index (χ3n) is 9.03. The zero-order valence-electron chi connectivity index (χ0n) is 29.8. The van der Waals surface area contributed by atoms with Gasteiger partial charge in [-0.2, -0.15) is 0 Å². The summed E-state index contributed by atoms with van der Waals surface area (Å²) in [6, 6.07) is 12.0. The van der Waals surface area contributed by atoms with Crippen molar-refractivity contribution < 1.29 is 23.5 Å². The lowest BCUT2D eigenvalue weighted by Gasteiger charge is -2.27. The van der Waals surface area contributed by atoms with Crippen molar-refractivity contribution >= 4 is 23.3 Å². The van der Waals surface area contributed by atoms with Gasteiger partial charge < -0.3 is 23.9 Å². The zero-order chi connectivity index (χ0) is 35.4. The molecule has 0 bridgehead atoms. The van der Waals surface area contributed by atoms with E-state index in [1.807, 2.05) is 60.7 Å². The Kier molecular flexibility index (Phi) is 8.44. The predicted molar refractivity (Wildman–Crippen MR) is 189 cm³/mol. The molecule has 2 N–H and O–H groups in total. The third-order valence-corrected chi connectivity index (χ3v) is 9.03. The van der Waals surface area contributed by atoms with Crippen molar-refractivity contribution in [2.75, 3.05) is 13.1 Å². The van der Waals surface area contributed by atoms with Crippen molar-refractivity contribution in [2.24, 2.45) is 0 Å². The van der Waals surface area contributed by atoms with Gasteiger partial charge in [0.1, 0.15) is 28.4 Å². The van der Waals surface area contributed by atoms with Crippen molar-refractivity contribution in [3.05, 3.63) is 66.3 Å². The topological polar surface area (TPSA) is 142 Å². The number of nitrogens with zero attached hydrogens (tertiary/aromatic N) is 5. The Morgan fingerprint density at radius 2 is 1.24 bits per heavy atom. The van der Waals surface area contributed by atoms with Crippen LogP contribution < -0.4 is 0 Å². The van der Waals surface area contributed by atoms with Crippen LogP contribution in [0.1, 0.15) is 96.8 Å². The molecule has 262 valence electrons. The standard InChI is InChI=1S/C38H45N7O5/c1-22-41-31-25(16-17-26(32(31)48-22)28-21-40-34(43-28)30-11-9-19-45(30)36(47)50-38(5,6)7)23-12-14-24(15-13-23)27-20-39-33(42-27)29-10-8-18-44(29)35(46)49-37(2,3)4/h12-17,20-21,29-30H,8-11,18-19H2,1-7H3,(H,39,42)(H,40,43)/t29-,30-/m0/s1. The SMILES string of the molecule is Cc1nc2c(-c3ccc(-c4cnc([C@@H]5CCCN5C(=O)OC(C)(C)C)[nH]4)cc3)ccc(-c3cnc([C@@H]4CCCN4C(=O)OC(C)(C)C)[nH]3)c2o1.